The first-order chi connectivity index (χ1) is 20.3. The molecule has 0 aliphatic carbocycles. The van der Waals surface area contributed by atoms with Crippen molar-refractivity contribution < 1.29 is 14.6 Å². The monoisotopic (exact) mass is 584 g/mol. The van der Waals surface area contributed by atoms with Gasteiger partial charge in [0.05, 0.1) is 35.3 Å². The van der Waals surface area contributed by atoms with Crippen LogP contribution in [0.5, 0.6) is 11.5 Å². The summed E-state index contributed by atoms with van der Waals surface area (Å²) in [5.74, 6) is 0.991. The van der Waals surface area contributed by atoms with E-state index in [1.54, 1.807) is 19.4 Å². The number of methoxy groups -OCH3 is 1. The number of fused-ring (bicyclic) bond motifs is 1. The quantitative estimate of drug-likeness (QED) is 0.181. The van der Waals surface area contributed by atoms with Gasteiger partial charge in [-0.2, -0.15) is 0 Å². The molecule has 0 aliphatic heterocycles. The Hall–Kier alpha value is -4.60. The predicted octanol–water partition coefficient (Wildman–Crippen LogP) is 6.07. The number of aromatic hydroxyl groups is 1. The molecule has 2 aromatic heterocycles. The standard InChI is InChI=1S/C32H33ClN6O3/c1-37(2)14-15-38(3)22-12-13-27(30(16-22)42-4)35-32-34-17-26(33)31(36-32)24-19-39(28-10-6-5-9-23(24)28)18-21-8-7-11-29(41)25(21)20-40/h5-13,16-17,19-20,41H,14-15,18H2,1-4H3,(H,34,35,36). The third-order valence-corrected chi connectivity index (χ3v) is 7.45. The zero-order chi connectivity index (χ0) is 29.8. The average molecular weight is 585 g/mol. The third-order valence-electron chi connectivity index (χ3n) is 7.17. The number of rotatable bonds is 11. The van der Waals surface area contributed by atoms with Gasteiger partial charge in [-0.25, -0.2) is 9.97 Å². The van der Waals surface area contributed by atoms with Crippen LogP contribution in [0.2, 0.25) is 5.02 Å². The Balaban J connectivity index is 1.48. The van der Waals surface area contributed by atoms with Gasteiger partial charge in [-0.15, -0.1) is 0 Å². The third kappa shape index (κ3) is 6.02. The maximum atomic E-state index is 11.7. The lowest BCUT2D eigenvalue weighted by Gasteiger charge is -2.23. The Morgan fingerprint density at radius 3 is 2.64 bits per heavy atom. The van der Waals surface area contributed by atoms with E-state index in [4.69, 9.17) is 21.3 Å². The Morgan fingerprint density at radius 1 is 1.07 bits per heavy atom. The second-order valence-electron chi connectivity index (χ2n) is 10.3. The van der Waals surface area contributed by atoms with Crippen LogP contribution in [0.3, 0.4) is 0 Å². The normalized spacial score (nSPS) is 11.2. The van der Waals surface area contributed by atoms with Crippen LogP contribution in [0, 0.1) is 0 Å². The lowest BCUT2D eigenvalue weighted by Crippen LogP contribution is -2.28. The molecule has 0 saturated heterocycles. The highest BCUT2D eigenvalue weighted by molar-refractivity contribution is 6.33. The van der Waals surface area contributed by atoms with Crippen LogP contribution in [-0.2, 0) is 6.54 Å². The number of phenols is 1. The molecule has 0 spiro atoms. The first-order valence-corrected chi connectivity index (χ1v) is 13.8. The fourth-order valence-corrected chi connectivity index (χ4v) is 5.05. The topological polar surface area (TPSA) is 95.8 Å². The van der Waals surface area contributed by atoms with E-state index < -0.39 is 0 Å². The van der Waals surface area contributed by atoms with Gasteiger partial charge in [0, 0.05) is 61.1 Å². The molecule has 0 bridgehead atoms. The van der Waals surface area contributed by atoms with E-state index in [0.29, 0.717) is 40.8 Å². The van der Waals surface area contributed by atoms with E-state index in [0.717, 1.165) is 40.9 Å². The largest absolute Gasteiger partial charge is 0.507 e. The van der Waals surface area contributed by atoms with Crippen LogP contribution in [0.4, 0.5) is 17.3 Å². The number of halogens is 1. The van der Waals surface area contributed by atoms with Crippen LogP contribution in [0.15, 0.2) is 73.1 Å². The highest BCUT2D eigenvalue weighted by Gasteiger charge is 2.18. The number of ether oxygens (including phenoxy) is 1. The molecule has 42 heavy (non-hydrogen) atoms. The number of aldehydes is 1. The molecule has 5 aromatic rings. The molecular formula is C32H33ClN6O3. The second-order valence-corrected chi connectivity index (χ2v) is 10.7. The van der Waals surface area contributed by atoms with Crippen LogP contribution in [0.25, 0.3) is 22.2 Å². The van der Waals surface area contributed by atoms with E-state index >= 15 is 0 Å². The Kier molecular flexibility index (Phi) is 8.61. The van der Waals surface area contributed by atoms with Gasteiger partial charge in [-0.3, -0.25) is 4.79 Å². The minimum absolute atomic E-state index is 0.0441. The molecule has 2 N–H and O–H groups in total. The zero-order valence-corrected chi connectivity index (χ0v) is 24.8. The van der Waals surface area contributed by atoms with Crippen molar-refractivity contribution in [2.75, 3.05) is 51.6 Å². The highest BCUT2D eigenvalue weighted by atomic mass is 35.5. The number of benzene rings is 3. The summed E-state index contributed by atoms with van der Waals surface area (Å²) in [6.07, 6.45) is 4.22. The van der Waals surface area contributed by atoms with Crippen molar-refractivity contribution >= 4 is 46.1 Å². The van der Waals surface area contributed by atoms with Crippen molar-refractivity contribution in [3.8, 4) is 22.8 Å². The maximum Gasteiger partial charge on any atom is 0.227 e. The van der Waals surface area contributed by atoms with Crippen molar-refractivity contribution in [1.82, 2.24) is 19.4 Å². The minimum atomic E-state index is -0.0441. The molecule has 0 radical (unpaired) electrons. The molecule has 216 valence electrons. The Bertz CT molecular complexity index is 1740. The summed E-state index contributed by atoms with van der Waals surface area (Å²) in [4.78, 5) is 25.2. The lowest BCUT2D eigenvalue weighted by molar-refractivity contribution is 0.112. The maximum absolute atomic E-state index is 11.7. The smallest absolute Gasteiger partial charge is 0.227 e. The number of para-hydroxylation sites is 1. The van der Waals surface area contributed by atoms with Crippen molar-refractivity contribution in [2.45, 2.75) is 6.54 Å². The first-order valence-electron chi connectivity index (χ1n) is 13.5. The average Bonchev–Trinajstić information content (AvgIpc) is 3.35. The van der Waals surface area contributed by atoms with Crippen LogP contribution >= 0.6 is 11.6 Å². The summed E-state index contributed by atoms with van der Waals surface area (Å²) in [5, 5.41) is 14.8. The molecule has 3 aromatic carbocycles. The Labute approximate surface area is 250 Å². The van der Waals surface area contributed by atoms with Gasteiger partial charge in [0.15, 0.2) is 6.29 Å². The van der Waals surface area contributed by atoms with Crippen LogP contribution < -0.4 is 15.0 Å². The molecule has 0 saturated carbocycles. The summed E-state index contributed by atoms with van der Waals surface area (Å²) >= 11 is 6.66. The zero-order valence-electron chi connectivity index (χ0n) is 24.0. The highest BCUT2D eigenvalue weighted by Crippen LogP contribution is 2.36. The van der Waals surface area contributed by atoms with Gasteiger partial charge in [0.1, 0.15) is 11.5 Å². The summed E-state index contributed by atoms with van der Waals surface area (Å²) in [7, 11) is 7.79. The van der Waals surface area contributed by atoms with E-state index in [1.807, 2.05) is 59.3 Å². The fraction of sp³-hybridized carbons (Fsp3) is 0.219. The van der Waals surface area contributed by atoms with Gasteiger partial charge in [-0.1, -0.05) is 41.9 Å². The van der Waals surface area contributed by atoms with Gasteiger partial charge >= 0.3 is 0 Å². The van der Waals surface area contributed by atoms with Crippen molar-refractivity contribution in [1.29, 1.82) is 0 Å². The van der Waals surface area contributed by atoms with Crippen LogP contribution in [0.1, 0.15) is 15.9 Å². The number of hydrogen-bond donors (Lipinski definition) is 2. The van der Waals surface area contributed by atoms with E-state index in [1.165, 1.54) is 6.07 Å². The molecule has 0 unspecified atom stereocenters. The summed E-state index contributed by atoms with van der Waals surface area (Å²) < 4.78 is 7.71. The summed E-state index contributed by atoms with van der Waals surface area (Å²) in [6.45, 7) is 2.19. The number of hydrogen-bond acceptors (Lipinski definition) is 8. The molecule has 5 rings (SSSR count). The summed E-state index contributed by atoms with van der Waals surface area (Å²) in [6, 6.07) is 18.9. The number of likely N-dealkylation sites (N-methyl/N-ethyl adjacent to an activating group) is 2. The molecule has 0 fully saturated rings. The van der Waals surface area contributed by atoms with Gasteiger partial charge in [0.25, 0.3) is 0 Å². The number of carbonyl (C=O) groups excluding carboxylic acids is 1. The minimum Gasteiger partial charge on any atom is -0.507 e. The SMILES string of the molecule is COc1cc(N(C)CCN(C)C)ccc1Nc1ncc(Cl)c(-c2cn(Cc3cccc(O)c3C=O)c3ccccc23)n1. The van der Waals surface area contributed by atoms with Crippen molar-refractivity contribution in [3.05, 3.63) is 89.2 Å². The molecule has 10 heteroatoms. The number of nitrogens with one attached hydrogen (secondary N) is 1. The second kappa shape index (κ2) is 12.5. The fourth-order valence-electron chi connectivity index (χ4n) is 4.86. The van der Waals surface area contributed by atoms with E-state index in [-0.39, 0.29) is 11.3 Å². The molecule has 9 nitrogen and oxygen atoms in total. The molecular weight excluding hydrogens is 552 g/mol. The molecule has 0 amide bonds. The summed E-state index contributed by atoms with van der Waals surface area (Å²) in [5.41, 5.74) is 5.06. The molecule has 0 atom stereocenters. The number of aromatic nitrogens is 3. The van der Waals surface area contributed by atoms with Crippen molar-refractivity contribution in [3.63, 3.8) is 0 Å². The van der Waals surface area contributed by atoms with Gasteiger partial charge in [0.2, 0.25) is 5.95 Å². The lowest BCUT2D eigenvalue weighted by atomic mass is 10.1. The molecule has 2 heterocycles. The van der Waals surface area contributed by atoms with Gasteiger partial charge < -0.3 is 29.5 Å². The number of phenolic OH excluding ortho intramolecular Hbond substituents is 1. The predicted molar refractivity (Wildman–Crippen MR) is 169 cm³/mol. The number of anilines is 3. The van der Waals surface area contributed by atoms with E-state index in [9.17, 15) is 9.90 Å². The van der Waals surface area contributed by atoms with Crippen LogP contribution in [-0.4, -0.2) is 72.2 Å². The van der Waals surface area contributed by atoms with Crippen molar-refractivity contribution in [2.24, 2.45) is 0 Å². The van der Waals surface area contributed by atoms with E-state index in [2.05, 4.69) is 41.2 Å². The molecule has 0 aliphatic rings. The number of nitrogens with zero attached hydrogens (tertiary/aromatic N) is 5. The Morgan fingerprint density at radius 2 is 1.88 bits per heavy atom. The van der Waals surface area contributed by atoms with Gasteiger partial charge in [-0.05, 0) is 43.9 Å². The number of carbonyl (C=O) groups is 1. The first kappa shape index (κ1) is 28.9.